The number of rotatable bonds is 2. The first kappa shape index (κ1) is 12.7. The third-order valence-corrected chi connectivity index (χ3v) is 3.78. The van der Waals surface area contributed by atoms with Crippen molar-refractivity contribution in [3.63, 3.8) is 0 Å². The molecule has 1 aliphatic heterocycles. The minimum atomic E-state index is 0.247. The molecule has 3 rings (SSSR count). The molecule has 0 atom stereocenters. The van der Waals surface area contributed by atoms with Gasteiger partial charge in [0.1, 0.15) is 12.4 Å². The summed E-state index contributed by atoms with van der Waals surface area (Å²) in [4.78, 5) is 4.54. The van der Waals surface area contributed by atoms with Gasteiger partial charge in [-0.3, -0.25) is 9.62 Å². The molecule has 5 heteroatoms. The normalized spacial score (nSPS) is 14.2. The maximum atomic E-state index is 2.27. The van der Waals surface area contributed by atoms with E-state index >= 15 is 0 Å². The average molecular weight is 266 g/mol. The Morgan fingerprint density at radius 1 is 0.800 bits per heavy atom. The molecule has 100 valence electrons. The highest BCUT2D eigenvalue weighted by atomic mass is 15.3. The van der Waals surface area contributed by atoms with E-state index in [0.717, 1.165) is 0 Å². The highest BCUT2D eigenvalue weighted by Crippen LogP contribution is 2.22. The fourth-order valence-electron chi connectivity index (χ4n) is 2.63. The summed E-state index contributed by atoms with van der Waals surface area (Å²) in [5, 5.41) is 0. The molecule has 0 amide bonds. The highest BCUT2D eigenvalue weighted by Gasteiger charge is 2.45. The summed E-state index contributed by atoms with van der Waals surface area (Å²) in [7, 11) is 4.14. The Kier molecular flexibility index (Phi) is 3.18. The predicted octanol–water partition coefficient (Wildman–Crippen LogP) is 1.25. The zero-order valence-corrected chi connectivity index (χ0v) is 12.1. The number of hydrogen-bond donors (Lipinski definition) is 0. The monoisotopic (exact) mass is 266 g/mol. The molecule has 4 nitrogen and oxygen atoms in total. The van der Waals surface area contributed by atoms with Gasteiger partial charge < -0.3 is 0 Å². The lowest BCUT2D eigenvalue weighted by molar-refractivity contribution is -0.658. The van der Waals surface area contributed by atoms with E-state index in [0.29, 0.717) is 0 Å². The molecule has 0 N–H and O–H groups in total. The fourth-order valence-corrected chi connectivity index (χ4v) is 2.63. The number of aryl methyl sites for hydroxylation is 2. The zero-order valence-electron chi connectivity index (χ0n) is 12.1. The molecule has 0 aliphatic carbocycles. The summed E-state index contributed by atoms with van der Waals surface area (Å²) in [6.07, 6.45) is 8.40. The molecule has 2 aromatic rings. The van der Waals surface area contributed by atoms with E-state index in [1.807, 2.05) is 12.1 Å². The Balaban J connectivity index is 1.93. The van der Waals surface area contributed by atoms with Crippen LogP contribution >= 0.6 is 0 Å². The lowest BCUT2D eigenvalue weighted by Gasteiger charge is -2.16. The quantitative estimate of drug-likeness (QED) is 0.600. The van der Waals surface area contributed by atoms with Crippen LogP contribution in [0.25, 0.3) is 0 Å². The van der Waals surface area contributed by atoms with Crippen LogP contribution < -0.4 is 18.8 Å². The third kappa shape index (κ3) is 2.05. The van der Waals surface area contributed by atoms with Crippen LogP contribution in [0.1, 0.15) is 0 Å². The van der Waals surface area contributed by atoms with Crippen molar-refractivity contribution in [2.24, 2.45) is 14.1 Å². The summed E-state index contributed by atoms with van der Waals surface area (Å²) < 4.78 is 4.27. The molecular formula is C15H19BN4+2. The first-order valence-electron chi connectivity index (χ1n) is 6.83. The maximum absolute atomic E-state index is 2.27. The zero-order chi connectivity index (χ0) is 14.1. The molecule has 0 bridgehead atoms. The molecule has 0 fully saturated rings. The minimum absolute atomic E-state index is 0.247. The lowest BCUT2D eigenvalue weighted by atomic mass is 9.76. The third-order valence-electron chi connectivity index (χ3n) is 3.78. The van der Waals surface area contributed by atoms with Crippen LogP contribution in [0.2, 0.25) is 6.82 Å². The molecule has 0 saturated carbocycles. The first-order chi connectivity index (χ1) is 9.68. The van der Waals surface area contributed by atoms with Crippen molar-refractivity contribution in [1.82, 2.24) is 0 Å². The number of anilines is 2. The smallest absolute Gasteiger partial charge is 0.251 e. The molecule has 20 heavy (non-hydrogen) atoms. The molecule has 0 aromatic carbocycles. The highest BCUT2D eigenvalue weighted by molar-refractivity contribution is 6.67. The van der Waals surface area contributed by atoms with Crippen molar-refractivity contribution in [3.05, 3.63) is 61.2 Å². The predicted molar refractivity (Wildman–Crippen MR) is 81.0 cm³/mol. The number of hydrogen-bond acceptors (Lipinski definition) is 2. The summed E-state index contributed by atoms with van der Waals surface area (Å²) >= 11 is 0. The van der Waals surface area contributed by atoms with E-state index in [9.17, 15) is 0 Å². The van der Waals surface area contributed by atoms with E-state index < -0.39 is 0 Å². The second kappa shape index (κ2) is 5.00. The number of nitrogens with zero attached hydrogens (tertiary/aromatic N) is 4. The standard InChI is InChI=1S/C15H19BN4/c1-16-19(14-8-4-6-10-17(14)2)12-13-20(16)15-9-5-7-11-18(15)3/h4-13H,1-3H3/q+2. The van der Waals surface area contributed by atoms with E-state index in [2.05, 4.69) is 88.7 Å². The van der Waals surface area contributed by atoms with Crippen LogP contribution in [0.15, 0.2) is 61.2 Å². The van der Waals surface area contributed by atoms with Crippen LogP contribution in [0, 0.1) is 0 Å². The summed E-state index contributed by atoms with van der Waals surface area (Å²) in [6, 6.07) is 12.5. The average Bonchev–Trinajstić information content (AvgIpc) is 2.82. The van der Waals surface area contributed by atoms with Crippen LogP contribution in [-0.2, 0) is 14.1 Å². The Labute approximate surface area is 120 Å². The Morgan fingerprint density at radius 3 is 1.65 bits per heavy atom. The minimum Gasteiger partial charge on any atom is -0.251 e. The van der Waals surface area contributed by atoms with Gasteiger partial charge in [0.05, 0.1) is 26.5 Å². The van der Waals surface area contributed by atoms with Gasteiger partial charge in [-0.15, -0.1) is 0 Å². The van der Waals surface area contributed by atoms with Gasteiger partial charge >= 0.3 is 6.98 Å². The van der Waals surface area contributed by atoms with Crippen molar-refractivity contribution in [2.45, 2.75) is 6.82 Å². The van der Waals surface area contributed by atoms with Crippen LogP contribution in [-0.4, -0.2) is 6.98 Å². The van der Waals surface area contributed by atoms with Crippen molar-refractivity contribution >= 4 is 18.6 Å². The van der Waals surface area contributed by atoms with Gasteiger partial charge in [-0.2, -0.15) is 0 Å². The molecule has 0 saturated heterocycles. The second-order valence-corrected chi connectivity index (χ2v) is 5.08. The summed E-state index contributed by atoms with van der Waals surface area (Å²) in [5.41, 5.74) is 0. The Morgan fingerprint density at radius 2 is 1.25 bits per heavy atom. The van der Waals surface area contributed by atoms with Gasteiger partial charge in [-0.1, -0.05) is 12.1 Å². The van der Waals surface area contributed by atoms with E-state index in [4.69, 9.17) is 0 Å². The van der Waals surface area contributed by atoms with Gasteiger partial charge in [0.2, 0.25) is 0 Å². The SMILES string of the molecule is CB1N(c2cccc[n+]2C)C=CN1c1cccc[n+]1C. The van der Waals surface area contributed by atoms with Crippen molar-refractivity contribution in [3.8, 4) is 0 Å². The first-order valence-corrected chi connectivity index (χ1v) is 6.83. The molecule has 2 aromatic heterocycles. The van der Waals surface area contributed by atoms with Crippen LogP contribution in [0.3, 0.4) is 0 Å². The topological polar surface area (TPSA) is 14.2 Å². The second-order valence-electron chi connectivity index (χ2n) is 5.08. The van der Waals surface area contributed by atoms with Crippen molar-refractivity contribution < 1.29 is 9.13 Å². The van der Waals surface area contributed by atoms with Gasteiger partial charge in [0, 0.05) is 19.0 Å². The van der Waals surface area contributed by atoms with Crippen molar-refractivity contribution in [2.75, 3.05) is 9.62 Å². The van der Waals surface area contributed by atoms with Gasteiger partial charge in [-0.05, 0) is 12.1 Å². The number of aromatic nitrogens is 2. The summed E-state index contributed by atoms with van der Waals surface area (Å²) in [6.45, 7) is 2.46. The molecule has 0 unspecified atom stereocenters. The van der Waals surface area contributed by atoms with Crippen molar-refractivity contribution in [1.29, 1.82) is 0 Å². The lowest BCUT2D eigenvalue weighted by Crippen LogP contribution is -2.49. The Hall–Kier alpha value is -2.30. The van der Waals surface area contributed by atoms with Gasteiger partial charge in [-0.25, -0.2) is 9.13 Å². The Bertz CT molecular complexity index is 600. The molecule has 1 aliphatic rings. The van der Waals surface area contributed by atoms with Gasteiger partial charge in [0.25, 0.3) is 11.6 Å². The summed E-state index contributed by atoms with van der Waals surface area (Å²) in [5.74, 6) is 2.36. The molecule has 0 radical (unpaired) electrons. The van der Waals surface area contributed by atoms with Gasteiger partial charge in [0.15, 0.2) is 0 Å². The van der Waals surface area contributed by atoms with Crippen LogP contribution in [0.4, 0.5) is 11.6 Å². The van der Waals surface area contributed by atoms with E-state index in [1.54, 1.807) is 0 Å². The van der Waals surface area contributed by atoms with E-state index in [1.165, 1.54) is 11.6 Å². The molecule has 3 heterocycles. The largest absolute Gasteiger partial charge is 0.619 e. The number of pyridine rings is 2. The van der Waals surface area contributed by atoms with Crippen LogP contribution in [0.5, 0.6) is 0 Å². The maximum Gasteiger partial charge on any atom is 0.619 e. The molecule has 0 spiro atoms. The van der Waals surface area contributed by atoms with E-state index in [-0.39, 0.29) is 6.98 Å². The fraction of sp³-hybridized carbons (Fsp3) is 0.200. The molecular weight excluding hydrogens is 247 g/mol.